The molecular formula is CdO3Ru. The molecular weight excluding hydrogens is 261 g/mol. The monoisotopic (exact) mass is 264 g/mol. The molecule has 0 spiro atoms. The first-order valence-electron chi connectivity index (χ1n) is 0. The van der Waals surface area contributed by atoms with Crippen LogP contribution in [0.4, 0.5) is 0 Å². The summed E-state index contributed by atoms with van der Waals surface area (Å²) in [5.41, 5.74) is 0. The van der Waals surface area contributed by atoms with Crippen molar-refractivity contribution in [3.8, 4) is 0 Å². The van der Waals surface area contributed by atoms with Gasteiger partial charge in [0.25, 0.3) is 0 Å². The van der Waals surface area contributed by atoms with Crippen LogP contribution in [0.1, 0.15) is 0 Å². The van der Waals surface area contributed by atoms with Gasteiger partial charge in [-0.15, -0.1) is 0 Å². The van der Waals surface area contributed by atoms with Gasteiger partial charge in [-0.2, -0.15) is 0 Å². The minimum atomic E-state index is 0. The van der Waals surface area contributed by atoms with Crippen LogP contribution in [-0.4, -0.2) is 0 Å². The summed E-state index contributed by atoms with van der Waals surface area (Å²) in [7, 11) is 0. The molecule has 5 heteroatoms. The molecule has 0 aromatic carbocycles. The van der Waals surface area contributed by atoms with Crippen molar-refractivity contribution >= 4 is 0 Å². The van der Waals surface area contributed by atoms with Crippen LogP contribution < -0.4 is 0 Å². The van der Waals surface area contributed by atoms with E-state index in [1.54, 1.807) is 0 Å². The summed E-state index contributed by atoms with van der Waals surface area (Å²) >= 11 is 0. The maximum atomic E-state index is 0. The molecule has 3 nitrogen and oxygen atoms in total. The van der Waals surface area contributed by atoms with Crippen molar-refractivity contribution in [1.82, 2.24) is 0 Å². The predicted molar refractivity (Wildman–Crippen MR) is 2.06 cm³/mol. The van der Waals surface area contributed by atoms with Gasteiger partial charge in [0.05, 0.1) is 0 Å². The normalized spacial score (nSPS) is 0. The zero-order valence-electron chi connectivity index (χ0n) is 2.29. The average Bonchev–Trinajstić information content (AvgIpc) is 0. The first kappa shape index (κ1) is 93.1. The second-order valence-electron chi connectivity index (χ2n) is 0. The molecule has 0 aliphatic carbocycles. The smallest absolute Gasteiger partial charge is 2.00 e. The second kappa shape index (κ2) is 52.3. The Morgan fingerprint density at radius 3 is 0.600 bits per heavy atom. The van der Waals surface area contributed by atoms with Crippen LogP contribution in [0.3, 0.4) is 0 Å². The molecule has 0 aromatic rings. The molecule has 5 heavy (non-hydrogen) atoms. The topological polar surface area (TPSA) is 85.5 Å². The van der Waals surface area contributed by atoms with E-state index in [0.717, 1.165) is 0 Å². The molecule has 0 unspecified atom stereocenters. The van der Waals surface area contributed by atoms with Crippen LogP contribution in [-0.2, 0) is 63.2 Å². The molecule has 0 bridgehead atoms. The Morgan fingerprint density at radius 1 is 0.600 bits per heavy atom. The zero-order chi connectivity index (χ0) is 0. The van der Waals surface area contributed by atoms with Crippen LogP contribution >= 0.6 is 0 Å². The molecule has 0 aliphatic rings. The zero-order valence-corrected chi connectivity index (χ0v) is 8.06. The van der Waals surface area contributed by atoms with Crippen LogP contribution in [0.15, 0.2) is 0 Å². The van der Waals surface area contributed by atoms with Crippen LogP contribution in [0, 0.1) is 0 Å². The molecule has 0 saturated heterocycles. The molecule has 0 radical (unpaired) electrons. The van der Waals surface area contributed by atoms with E-state index in [4.69, 9.17) is 0 Å². The Hall–Kier alpha value is 1.43. The minimum Gasteiger partial charge on any atom is -2.00 e. The van der Waals surface area contributed by atoms with E-state index in [-0.39, 0.29) is 63.2 Å². The van der Waals surface area contributed by atoms with Crippen molar-refractivity contribution in [3.63, 3.8) is 0 Å². The van der Waals surface area contributed by atoms with E-state index < -0.39 is 0 Å². The van der Waals surface area contributed by atoms with E-state index in [0.29, 0.717) is 0 Å². The Bertz CT molecular complexity index is 6.85. The van der Waals surface area contributed by atoms with E-state index in [1.165, 1.54) is 0 Å². The fourth-order valence-corrected chi connectivity index (χ4v) is 0. The van der Waals surface area contributed by atoms with Crippen molar-refractivity contribution in [1.29, 1.82) is 0 Å². The third-order valence-electron chi connectivity index (χ3n) is 0. The standard InChI is InChI=1S/Cd.3O.Ru/q+2;3*-2;+4. The molecule has 0 aliphatic heterocycles. The Morgan fingerprint density at radius 2 is 0.600 bits per heavy atom. The predicted octanol–water partition coefficient (Wildman–Crippen LogP) is -0.361. The summed E-state index contributed by atoms with van der Waals surface area (Å²) in [4.78, 5) is 0. The number of rotatable bonds is 0. The summed E-state index contributed by atoms with van der Waals surface area (Å²) in [5.74, 6) is 0. The maximum Gasteiger partial charge on any atom is 4.00 e. The second-order valence-corrected chi connectivity index (χ2v) is 0. The summed E-state index contributed by atoms with van der Waals surface area (Å²) < 4.78 is 0. The van der Waals surface area contributed by atoms with Gasteiger partial charge in [-0.05, 0) is 0 Å². The first-order valence-corrected chi connectivity index (χ1v) is 0. The maximum absolute atomic E-state index is 0. The molecule has 0 atom stereocenters. The van der Waals surface area contributed by atoms with Gasteiger partial charge >= 0.3 is 46.8 Å². The fourth-order valence-electron chi connectivity index (χ4n) is 0. The van der Waals surface area contributed by atoms with Crippen LogP contribution in [0.25, 0.3) is 0 Å². The van der Waals surface area contributed by atoms with Crippen molar-refractivity contribution in [2.75, 3.05) is 0 Å². The van der Waals surface area contributed by atoms with Gasteiger partial charge in [-0.3, -0.25) is 0 Å². The number of hydrogen-bond acceptors (Lipinski definition) is 0. The van der Waals surface area contributed by atoms with E-state index in [2.05, 4.69) is 0 Å². The Balaban J connectivity index is 0. The van der Waals surface area contributed by atoms with Gasteiger partial charge in [0, 0.05) is 0 Å². The van der Waals surface area contributed by atoms with Gasteiger partial charge < -0.3 is 16.4 Å². The summed E-state index contributed by atoms with van der Waals surface area (Å²) in [6.07, 6.45) is 0. The van der Waals surface area contributed by atoms with Gasteiger partial charge in [0.2, 0.25) is 0 Å². The summed E-state index contributed by atoms with van der Waals surface area (Å²) in [5, 5.41) is 0. The van der Waals surface area contributed by atoms with Crippen molar-refractivity contribution in [2.24, 2.45) is 0 Å². The van der Waals surface area contributed by atoms with E-state index in [1.807, 2.05) is 0 Å². The molecule has 0 heterocycles. The minimum absolute atomic E-state index is 0. The van der Waals surface area contributed by atoms with Gasteiger partial charge in [0.15, 0.2) is 0 Å². The Labute approximate surface area is 63.0 Å². The Kier molecular flexibility index (Phi) is 974. The average molecular weight is 261 g/mol. The molecule has 28 valence electrons. The largest absolute Gasteiger partial charge is 4.00 e. The van der Waals surface area contributed by atoms with Gasteiger partial charge in [-0.25, -0.2) is 0 Å². The number of hydrogen-bond donors (Lipinski definition) is 0. The summed E-state index contributed by atoms with van der Waals surface area (Å²) in [6.45, 7) is 0. The third-order valence-corrected chi connectivity index (χ3v) is 0. The van der Waals surface area contributed by atoms with Crippen molar-refractivity contribution in [2.45, 2.75) is 0 Å². The molecule has 0 fully saturated rings. The molecule has 0 rings (SSSR count). The molecule has 0 N–H and O–H groups in total. The van der Waals surface area contributed by atoms with Crippen LogP contribution in [0.5, 0.6) is 0 Å². The SMILES string of the molecule is [Cd+2].[O-2].[O-2].[O-2].[Ru+4]. The first-order chi connectivity index (χ1) is 0. The van der Waals surface area contributed by atoms with E-state index in [9.17, 15) is 0 Å². The van der Waals surface area contributed by atoms with Gasteiger partial charge in [-0.1, -0.05) is 0 Å². The van der Waals surface area contributed by atoms with Crippen molar-refractivity contribution < 1.29 is 63.2 Å². The molecule has 0 aromatic heterocycles. The molecule has 0 saturated carbocycles. The fraction of sp³-hybridized carbons (Fsp3) is 0. The van der Waals surface area contributed by atoms with Crippen LogP contribution in [0.2, 0.25) is 0 Å². The van der Waals surface area contributed by atoms with E-state index >= 15 is 0 Å². The quantitative estimate of drug-likeness (QED) is 0.533. The summed E-state index contributed by atoms with van der Waals surface area (Å²) in [6, 6.07) is 0. The molecule has 0 amide bonds. The van der Waals surface area contributed by atoms with Crippen molar-refractivity contribution in [3.05, 3.63) is 0 Å². The van der Waals surface area contributed by atoms with Gasteiger partial charge in [0.1, 0.15) is 0 Å². The third kappa shape index (κ3) is 31.3.